The lowest BCUT2D eigenvalue weighted by atomic mass is 10.2. The van der Waals surface area contributed by atoms with Crippen LogP contribution in [-0.2, 0) is 4.74 Å². The van der Waals surface area contributed by atoms with E-state index in [2.05, 4.69) is 20.6 Å². The smallest absolute Gasteiger partial charge is 0.176 e. The summed E-state index contributed by atoms with van der Waals surface area (Å²) in [6.07, 6.45) is 0.124. The van der Waals surface area contributed by atoms with Gasteiger partial charge in [0.05, 0.1) is 18.4 Å². The lowest BCUT2D eigenvalue weighted by molar-refractivity contribution is 0.0615. The molecule has 2 heterocycles. The number of hydrogen-bond acceptors (Lipinski definition) is 6. The average molecular weight is 291 g/mol. The highest BCUT2D eigenvalue weighted by Crippen LogP contribution is 2.10. The molecular formula is C14H21N5O2. The first kappa shape index (κ1) is 15.4. The van der Waals surface area contributed by atoms with E-state index >= 15 is 0 Å². The average Bonchev–Trinajstić information content (AvgIpc) is 2.79. The minimum absolute atomic E-state index is 0.338. The second-order valence-corrected chi connectivity index (χ2v) is 4.94. The van der Waals surface area contributed by atoms with Gasteiger partial charge in [-0.1, -0.05) is 0 Å². The van der Waals surface area contributed by atoms with E-state index in [-0.39, 0.29) is 0 Å². The van der Waals surface area contributed by atoms with E-state index in [1.807, 2.05) is 32.0 Å². The number of ether oxygens (including phenoxy) is 1. The van der Waals surface area contributed by atoms with Gasteiger partial charge in [0.1, 0.15) is 5.82 Å². The molecule has 2 aromatic rings. The Balaban J connectivity index is 1.92. The zero-order valence-corrected chi connectivity index (χ0v) is 12.6. The van der Waals surface area contributed by atoms with Gasteiger partial charge in [-0.3, -0.25) is 0 Å². The van der Waals surface area contributed by atoms with Crippen LogP contribution >= 0.6 is 0 Å². The van der Waals surface area contributed by atoms with Crippen LogP contribution < -0.4 is 5.32 Å². The minimum atomic E-state index is -0.468. The quantitative estimate of drug-likeness (QED) is 0.794. The maximum Gasteiger partial charge on any atom is 0.176 e. The molecular weight excluding hydrogens is 270 g/mol. The van der Waals surface area contributed by atoms with Crippen molar-refractivity contribution in [1.82, 2.24) is 20.0 Å². The van der Waals surface area contributed by atoms with Crippen LogP contribution in [0.25, 0.3) is 5.82 Å². The largest absolute Gasteiger partial charge is 0.391 e. The third-order valence-electron chi connectivity index (χ3n) is 3.02. The van der Waals surface area contributed by atoms with Crippen molar-refractivity contribution < 1.29 is 9.84 Å². The molecule has 1 atom stereocenters. The van der Waals surface area contributed by atoms with Crippen molar-refractivity contribution in [1.29, 1.82) is 0 Å². The predicted octanol–water partition coefficient (Wildman–Crippen LogP) is 1.09. The summed E-state index contributed by atoms with van der Waals surface area (Å²) in [5.74, 6) is 1.36. The lowest BCUT2D eigenvalue weighted by Gasteiger charge is -2.10. The maximum absolute atomic E-state index is 9.54. The molecule has 0 bridgehead atoms. The van der Waals surface area contributed by atoms with Crippen molar-refractivity contribution in [3.8, 4) is 5.82 Å². The molecule has 0 fully saturated rings. The molecule has 7 heteroatoms. The second-order valence-electron chi connectivity index (χ2n) is 4.94. The van der Waals surface area contributed by atoms with Crippen LogP contribution in [0.1, 0.15) is 17.8 Å². The first-order valence-electron chi connectivity index (χ1n) is 6.88. The van der Waals surface area contributed by atoms with Crippen LogP contribution in [0, 0.1) is 13.8 Å². The van der Waals surface area contributed by atoms with E-state index in [1.165, 1.54) is 0 Å². The molecule has 2 aromatic heterocycles. The molecule has 0 saturated heterocycles. The molecule has 21 heavy (non-hydrogen) atoms. The van der Waals surface area contributed by atoms with E-state index < -0.39 is 6.10 Å². The van der Waals surface area contributed by atoms with Crippen molar-refractivity contribution in [3.05, 3.63) is 29.6 Å². The number of aliphatic hydroxyl groups is 1. The summed E-state index contributed by atoms with van der Waals surface area (Å²) >= 11 is 0. The molecule has 2 N–H and O–H groups in total. The van der Waals surface area contributed by atoms with Gasteiger partial charge in [0.25, 0.3) is 0 Å². The lowest BCUT2D eigenvalue weighted by Crippen LogP contribution is -2.18. The summed E-state index contributed by atoms with van der Waals surface area (Å²) in [5.41, 5.74) is 1.97. The molecule has 0 aliphatic carbocycles. The number of nitrogens with one attached hydrogen (secondary N) is 1. The molecule has 114 valence electrons. The molecule has 7 nitrogen and oxygen atoms in total. The number of nitrogens with zero attached hydrogens (tertiary/aromatic N) is 4. The molecule has 0 aliphatic heterocycles. The van der Waals surface area contributed by atoms with E-state index in [1.54, 1.807) is 11.8 Å². The van der Waals surface area contributed by atoms with Crippen LogP contribution in [0.15, 0.2) is 18.2 Å². The summed E-state index contributed by atoms with van der Waals surface area (Å²) in [6, 6.07) is 5.70. The first-order valence-corrected chi connectivity index (χ1v) is 6.88. The molecule has 1 unspecified atom stereocenters. The van der Waals surface area contributed by atoms with Gasteiger partial charge < -0.3 is 15.2 Å². The van der Waals surface area contributed by atoms with Crippen molar-refractivity contribution in [2.45, 2.75) is 26.4 Å². The molecule has 0 aromatic carbocycles. The molecule has 0 amide bonds. The van der Waals surface area contributed by atoms with Crippen LogP contribution in [0.2, 0.25) is 0 Å². The van der Waals surface area contributed by atoms with Gasteiger partial charge in [-0.25, -0.2) is 4.68 Å². The fourth-order valence-electron chi connectivity index (χ4n) is 2.04. The minimum Gasteiger partial charge on any atom is -0.391 e. The normalized spacial score (nSPS) is 12.4. The first-order chi connectivity index (χ1) is 10.1. The van der Waals surface area contributed by atoms with Crippen LogP contribution in [0.5, 0.6) is 0 Å². The Morgan fingerprint density at radius 3 is 2.71 bits per heavy atom. The molecule has 0 spiro atoms. The molecule has 2 rings (SSSR count). The van der Waals surface area contributed by atoms with Gasteiger partial charge in [0, 0.05) is 19.3 Å². The fourth-order valence-corrected chi connectivity index (χ4v) is 2.04. The second kappa shape index (κ2) is 7.14. The fraction of sp³-hybridized carbons (Fsp3) is 0.500. The van der Waals surface area contributed by atoms with E-state index in [9.17, 15) is 5.11 Å². The van der Waals surface area contributed by atoms with Gasteiger partial charge in [0.15, 0.2) is 5.82 Å². The number of aryl methyl sites for hydroxylation is 2. The number of aliphatic hydroxyl groups excluding tert-OH is 1. The van der Waals surface area contributed by atoms with Crippen LogP contribution in [0.4, 0.5) is 5.82 Å². The monoisotopic (exact) mass is 291 g/mol. The number of aromatic nitrogens is 4. The number of anilines is 1. The van der Waals surface area contributed by atoms with Crippen LogP contribution in [-0.4, -0.2) is 51.4 Å². The zero-order chi connectivity index (χ0) is 15.2. The Bertz CT molecular complexity index is 567. The highest BCUT2D eigenvalue weighted by molar-refractivity contribution is 5.36. The van der Waals surface area contributed by atoms with Gasteiger partial charge in [-0.15, -0.1) is 10.2 Å². The van der Waals surface area contributed by atoms with Gasteiger partial charge in [-0.2, -0.15) is 5.10 Å². The summed E-state index contributed by atoms with van der Waals surface area (Å²) < 4.78 is 6.63. The van der Waals surface area contributed by atoms with E-state index in [4.69, 9.17) is 4.74 Å². The van der Waals surface area contributed by atoms with Crippen molar-refractivity contribution >= 4 is 5.82 Å². The predicted molar refractivity (Wildman–Crippen MR) is 79.6 cm³/mol. The Hall–Kier alpha value is -1.99. The highest BCUT2D eigenvalue weighted by Gasteiger charge is 2.06. The third kappa shape index (κ3) is 4.24. The number of methoxy groups -OCH3 is 1. The zero-order valence-electron chi connectivity index (χ0n) is 12.6. The summed E-state index contributed by atoms with van der Waals surface area (Å²) in [6.45, 7) is 4.87. The molecule has 0 aliphatic rings. The Kier molecular flexibility index (Phi) is 5.24. The Morgan fingerprint density at radius 2 is 2.14 bits per heavy atom. The van der Waals surface area contributed by atoms with Crippen molar-refractivity contribution in [2.75, 3.05) is 25.6 Å². The van der Waals surface area contributed by atoms with Gasteiger partial charge in [0.2, 0.25) is 0 Å². The van der Waals surface area contributed by atoms with Crippen LogP contribution in [0.3, 0.4) is 0 Å². The SMILES string of the molecule is COCC(O)CCNc1ccc(-n2nc(C)cc2C)nn1. The molecule has 0 radical (unpaired) electrons. The topological polar surface area (TPSA) is 85.1 Å². The number of hydrogen-bond donors (Lipinski definition) is 2. The standard InChI is InChI=1S/C14H21N5O2/c1-10-8-11(2)19(18-10)14-5-4-13(16-17-14)15-7-6-12(20)9-21-3/h4-5,8,12,20H,6-7,9H2,1-3H3,(H,15,16). The summed E-state index contributed by atoms with van der Waals surface area (Å²) in [4.78, 5) is 0. The number of rotatable bonds is 7. The Morgan fingerprint density at radius 1 is 1.33 bits per heavy atom. The summed E-state index contributed by atoms with van der Waals surface area (Å²) in [5, 5.41) is 25.3. The molecule has 0 saturated carbocycles. The van der Waals surface area contributed by atoms with Crippen molar-refractivity contribution in [3.63, 3.8) is 0 Å². The maximum atomic E-state index is 9.54. The van der Waals surface area contributed by atoms with E-state index in [0.717, 1.165) is 11.4 Å². The Labute approximate surface area is 124 Å². The highest BCUT2D eigenvalue weighted by atomic mass is 16.5. The summed E-state index contributed by atoms with van der Waals surface area (Å²) in [7, 11) is 1.57. The van der Waals surface area contributed by atoms with Gasteiger partial charge in [-0.05, 0) is 38.5 Å². The third-order valence-corrected chi connectivity index (χ3v) is 3.02. The van der Waals surface area contributed by atoms with Crippen molar-refractivity contribution in [2.24, 2.45) is 0 Å². The van der Waals surface area contributed by atoms with Gasteiger partial charge >= 0.3 is 0 Å². The van der Waals surface area contributed by atoms with E-state index in [0.29, 0.717) is 31.2 Å².